The summed E-state index contributed by atoms with van der Waals surface area (Å²) in [5, 5.41) is 2.81. The topological polar surface area (TPSA) is 93.5 Å². The number of hydrogen-bond acceptors (Lipinski definition) is 5. The Morgan fingerprint density at radius 1 is 0.909 bits per heavy atom. The van der Waals surface area contributed by atoms with Crippen LogP contribution < -0.4 is 5.32 Å². The third-order valence-corrected chi connectivity index (χ3v) is 7.53. The number of nitrogens with one attached hydrogen (secondary N) is 1. The molecule has 1 aliphatic rings. The Labute approximate surface area is 191 Å². The number of carbonyl (C=O) groups excluding carboxylic acids is 1. The number of hydrogen-bond donors (Lipinski definition) is 1. The van der Waals surface area contributed by atoms with Crippen molar-refractivity contribution in [3.05, 3.63) is 84.7 Å². The first-order valence-electron chi connectivity index (χ1n) is 10.5. The maximum Gasteiger partial charge on any atom is 0.257 e. The van der Waals surface area contributed by atoms with Gasteiger partial charge in [0.25, 0.3) is 5.91 Å². The number of para-hydroxylation sites is 2. The molecule has 0 unspecified atom stereocenters. The number of anilines is 1. The summed E-state index contributed by atoms with van der Waals surface area (Å²) in [5.74, 6) is -0.483. The molecule has 0 saturated carbocycles. The van der Waals surface area contributed by atoms with Crippen LogP contribution in [0, 0.1) is 0 Å². The first kappa shape index (κ1) is 21.3. The van der Waals surface area contributed by atoms with E-state index in [4.69, 9.17) is 4.74 Å². The summed E-state index contributed by atoms with van der Waals surface area (Å²) in [5.41, 5.74) is 3.45. The van der Waals surface area contributed by atoms with Crippen LogP contribution in [0.4, 0.5) is 5.69 Å². The lowest BCUT2D eigenvalue weighted by Crippen LogP contribution is -2.41. The third-order valence-electron chi connectivity index (χ3n) is 5.58. The van der Waals surface area contributed by atoms with Crippen LogP contribution in [-0.4, -0.2) is 54.5 Å². The highest BCUT2D eigenvalue weighted by atomic mass is 32.2. The lowest BCUT2D eigenvalue weighted by molar-refractivity contribution is 0.0730. The summed E-state index contributed by atoms with van der Waals surface area (Å²) in [6.45, 7) is 1.21. The van der Waals surface area contributed by atoms with Gasteiger partial charge in [0.2, 0.25) is 10.0 Å². The van der Waals surface area contributed by atoms with Gasteiger partial charge in [-0.3, -0.25) is 9.36 Å². The first-order chi connectivity index (χ1) is 16.0. The Kier molecular flexibility index (Phi) is 5.67. The van der Waals surface area contributed by atoms with Crippen molar-refractivity contribution in [3.8, 4) is 5.69 Å². The molecule has 4 aromatic rings. The van der Waals surface area contributed by atoms with Crippen LogP contribution in [-0.2, 0) is 14.8 Å². The van der Waals surface area contributed by atoms with E-state index in [9.17, 15) is 13.2 Å². The van der Waals surface area contributed by atoms with Crippen LogP contribution in [0.15, 0.2) is 84.0 Å². The maximum atomic E-state index is 13.1. The lowest BCUT2D eigenvalue weighted by Gasteiger charge is -2.26. The number of aromatic nitrogens is 2. The quantitative estimate of drug-likeness (QED) is 0.491. The van der Waals surface area contributed by atoms with Crippen molar-refractivity contribution >= 4 is 32.7 Å². The zero-order chi connectivity index (χ0) is 22.8. The van der Waals surface area contributed by atoms with Gasteiger partial charge in [0.15, 0.2) is 0 Å². The highest BCUT2D eigenvalue weighted by Gasteiger charge is 2.30. The molecular formula is C24H22N4O4S. The third kappa shape index (κ3) is 4.13. The molecule has 1 amide bonds. The Morgan fingerprint density at radius 3 is 2.39 bits per heavy atom. The average Bonchev–Trinajstić information content (AvgIpc) is 3.29. The van der Waals surface area contributed by atoms with Crippen LogP contribution in [0.1, 0.15) is 10.4 Å². The molecular weight excluding hydrogens is 440 g/mol. The molecule has 168 valence electrons. The Hall–Kier alpha value is -3.53. The number of amides is 1. The average molecular weight is 463 g/mol. The molecule has 8 nitrogen and oxygen atoms in total. The Bertz CT molecular complexity index is 1410. The van der Waals surface area contributed by atoms with Gasteiger partial charge in [-0.2, -0.15) is 4.31 Å². The summed E-state index contributed by atoms with van der Waals surface area (Å²) < 4.78 is 34.8. The summed E-state index contributed by atoms with van der Waals surface area (Å²) in [7, 11) is -3.80. The second-order valence-electron chi connectivity index (χ2n) is 7.62. The lowest BCUT2D eigenvalue weighted by atomic mass is 10.2. The van der Waals surface area contributed by atoms with E-state index >= 15 is 0 Å². The van der Waals surface area contributed by atoms with E-state index in [-0.39, 0.29) is 23.5 Å². The van der Waals surface area contributed by atoms with E-state index in [1.165, 1.54) is 16.4 Å². The molecule has 1 aromatic heterocycles. The van der Waals surface area contributed by atoms with E-state index in [1.807, 2.05) is 41.0 Å². The van der Waals surface area contributed by atoms with Crippen LogP contribution in [0.2, 0.25) is 0 Å². The molecule has 5 rings (SSSR count). The van der Waals surface area contributed by atoms with Crippen molar-refractivity contribution in [2.45, 2.75) is 4.90 Å². The summed E-state index contributed by atoms with van der Waals surface area (Å²) in [6, 6.07) is 21.4. The number of fused-ring (bicyclic) bond motifs is 1. The normalized spacial score (nSPS) is 14.9. The van der Waals surface area contributed by atoms with Gasteiger partial charge in [0.1, 0.15) is 6.33 Å². The smallest absolute Gasteiger partial charge is 0.257 e. The molecule has 0 bridgehead atoms. The molecule has 0 atom stereocenters. The summed E-state index contributed by atoms with van der Waals surface area (Å²) >= 11 is 0. The number of sulfonamides is 1. The molecule has 9 heteroatoms. The van der Waals surface area contributed by atoms with Crippen LogP contribution in [0.3, 0.4) is 0 Å². The minimum absolute atomic E-state index is 0.00842. The van der Waals surface area contributed by atoms with E-state index in [1.54, 1.807) is 30.6 Å². The van der Waals surface area contributed by atoms with Crippen molar-refractivity contribution in [2.24, 2.45) is 0 Å². The number of rotatable bonds is 5. The predicted molar refractivity (Wildman–Crippen MR) is 125 cm³/mol. The van der Waals surface area contributed by atoms with Gasteiger partial charge in [0.05, 0.1) is 34.7 Å². The monoisotopic (exact) mass is 462 g/mol. The van der Waals surface area contributed by atoms with Gasteiger partial charge >= 0.3 is 0 Å². The SMILES string of the molecule is O=C(Nc1ccc(-n2cnc3ccccc32)cc1)c1ccccc1S(=O)(=O)N1CCOCC1. The Morgan fingerprint density at radius 2 is 1.61 bits per heavy atom. The fourth-order valence-electron chi connectivity index (χ4n) is 3.87. The molecule has 0 spiro atoms. The zero-order valence-electron chi connectivity index (χ0n) is 17.7. The highest BCUT2D eigenvalue weighted by Crippen LogP contribution is 2.23. The zero-order valence-corrected chi connectivity index (χ0v) is 18.5. The van der Waals surface area contributed by atoms with Crippen LogP contribution in [0.25, 0.3) is 16.7 Å². The number of benzene rings is 3. The van der Waals surface area contributed by atoms with E-state index in [0.717, 1.165) is 16.7 Å². The van der Waals surface area contributed by atoms with Gasteiger partial charge in [-0.25, -0.2) is 13.4 Å². The molecule has 1 fully saturated rings. The van der Waals surface area contributed by atoms with Crippen molar-refractivity contribution in [1.29, 1.82) is 0 Å². The molecule has 1 aliphatic heterocycles. The van der Waals surface area contributed by atoms with Crippen LogP contribution in [0.5, 0.6) is 0 Å². The van der Waals surface area contributed by atoms with Gasteiger partial charge in [-0.1, -0.05) is 24.3 Å². The summed E-state index contributed by atoms with van der Waals surface area (Å²) in [6.07, 6.45) is 1.75. The highest BCUT2D eigenvalue weighted by molar-refractivity contribution is 7.89. The van der Waals surface area contributed by atoms with Crippen molar-refractivity contribution in [2.75, 3.05) is 31.6 Å². The predicted octanol–water partition coefficient (Wildman–Crippen LogP) is 3.30. The van der Waals surface area contributed by atoms with Gasteiger partial charge in [0, 0.05) is 24.5 Å². The van der Waals surface area contributed by atoms with Gasteiger partial charge in [-0.05, 0) is 48.5 Å². The fraction of sp³-hybridized carbons (Fsp3) is 0.167. The minimum Gasteiger partial charge on any atom is -0.379 e. The van der Waals surface area contributed by atoms with Crippen molar-refractivity contribution < 1.29 is 17.9 Å². The number of imidazole rings is 1. The summed E-state index contributed by atoms with van der Waals surface area (Å²) in [4.78, 5) is 17.4. The largest absolute Gasteiger partial charge is 0.379 e. The molecule has 3 aromatic carbocycles. The first-order valence-corrected chi connectivity index (χ1v) is 12.0. The molecule has 2 heterocycles. The molecule has 0 radical (unpaired) electrons. The minimum atomic E-state index is -3.80. The van der Waals surface area contributed by atoms with Gasteiger partial charge in [-0.15, -0.1) is 0 Å². The Balaban J connectivity index is 1.38. The van der Waals surface area contributed by atoms with E-state index in [2.05, 4.69) is 10.3 Å². The number of ether oxygens (including phenoxy) is 1. The fourth-order valence-corrected chi connectivity index (χ4v) is 5.47. The molecule has 0 aliphatic carbocycles. The number of morpholine rings is 1. The maximum absolute atomic E-state index is 13.1. The van der Waals surface area contributed by atoms with Crippen LogP contribution >= 0.6 is 0 Å². The second-order valence-corrected chi connectivity index (χ2v) is 9.52. The van der Waals surface area contributed by atoms with E-state index < -0.39 is 15.9 Å². The molecule has 33 heavy (non-hydrogen) atoms. The van der Waals surface area contributed by atoms with Crippen molar-refractivity contribution in [1.82, 2.24) is 13.9 Å². The number of carbonyl (C=O) groups is 1. The standard InChI is InChI=1S/C24H22N4O4S/c29-24(20-5-1-4-8-23(20)33(30,31)27-13-15-32-16-14-27)26-18-9-11-19(12-10-18)28-17-25-21-6-2-3-7-22(21)28/h1-12,17H,13-16H2,(H,26,29). The molecule has 1 saturated heterocycles. The van der Waals surface area contributed by atoms with Crippen molar-refractivity contribution in [3.63, 3.8) is 0 Å². The van der Waals surface area contributed by atoms with Gasteiger partial charge < -0.3 is 10.1 Å². The number of nitrogens with zero attached hydrogens (tertiary/aromatic N) is 3. The van der Waals surface area contributed by atoms with E-state index in [0.29, 0.717) is 18.9 Å². The molecule has 1 N–H and O–H groups in total. The second kappa shape index (κ2) is 8.78.